The quantitative estimate of drug-likeness (QED) is 0.370. The second-order valence-electron chi connectivity index (χ2n) is 8.28. The first-order valence-corrected chi connectivity index (χ1v) is 10.9. The van der Waals surface area contributed by atoms with Gasteiger partial charge in [0.15, 0.2) is 5.69 Å². The Morgan fingerprint density at radius 3 is 2.57 bits per heavy atom. The van der Waals surface area contributed by atoms with Gasteiger partial charge in [0.1, 0.15) is 5.69 Å². The molecular formula is C25H19FN8O. The summed E-state index contributed by atoms with van der Waals surface area (Å²) in [6, 6.07) is 14.3. The molecule has 9 nitrogen and oxygen atoms in total. The highest BCUT2D eigenvalue weighted by Crippen LogP contribution is 2.27. The van der Waals surface area contributed by atoms with Crippen LogP contribution in [-0.4, -0.2) is 39.3 Å². The molecule has 3 aromatic heterocycles. The average molecular weight is 466 g/mol. The summed E-state index contributed by atoms with van der Waals surface area (Å²) in [6.07, 6.45) is 5.47. The Morgan fingerprint density at radius 2 is 1.83 bits per heavy atom. The molecule has 6 rings (SSSR count). The molecule has 0 saturated carbocycles. The van der Waals surface area contributed by atoms with E-state index in [1.807, 2.05) is 49.6 Å². The van der Waals surface area contributed by atoms with Crippen LogP contribution in [0.25, 0.3) is 39.2 Å². The number of rotatable bonds is 4. The molecule has 0 aliphatic carbocycles. The average Bonchev–Trinajstić information content (AvgIpc) is 3.43. The lowest BCUT2D eigenvalue weighted by Crippen LogP contribution is -2.18. The number of nitrogens with zero attached hydrogens (tertiary/aromatic N) is 8. The first kappa shape index (κ1) is 20.8. The molecule has 0 radical (unpaired) electrons. The van der Waals surface area contributed by atoms with E-state index in [1.54, 1.807) is 28.7 Å². The zero-order valence-corrected chi connectivity index (χ0v) is 18.9. The summed E-state index contributed by atoms with van der Waals surface area (Å²) in [6.45, 7) is 2.05. The van der Waals surface area contributed by atoms with Gasteiger partial charge in [-0.2, -0.15) is 24.4 Å². The molecule has 5 heterocycles. The van der Waals surface area contributed by atoms with Gasteiger partial charge in [-0.3, -0.25) is 19.1 Å². The number of halogens is 1. The van der Waals surface area contributed by atoms with Crippen LogP contribution >= 0.6 is 0 Å². The largest absolute Gasteiger partial charge is 0.301 e. The van der Waals surface area contributed by atoms with Crippen molar-refractivity contribution in [3.63, 3.8) is 0 Å². The fraction of sp³-hybridized carbons (Fsp3) is 0.120. The molecule has 0 fully saturated rings. The normalized spacial score (nSPS) is 11.5. The van der Waals surface area contributed by atoms with E-state index in [0.717, 1.165) is 27.7 Å². The molecule has 0 bridgehead atoms. The lowest BCUT2D eigenvalue weighted by atomic mass is 10.1. The molecule has 172 valence electrons. The first-order chi connectivity index (χ1) is 17.0. The van der Waals surface area contributed by atoms with Crippen LogP contribution in [0.3, 0.4) is 0 Å². The van der Waals surface area contributed by atoms with Crippen molar-refractivity contribution in [2.24, 2.45) is 7.05 Å². The van der Waals surface area contributed by atoms with Gasteiger partial charge in [-0.25, -0.2) is 4.98 Å². The van der Waals surface area contributed by atoms with Crippen molar-refractivity contribution < 1.29 is 4.39 Å². The number of aryl methyl sites for hydroxylation is 2. The van der Waals surface area contributed by atoms with Crippen LogP contribution in [0.1, 0.15) is 11.3 Å². The summed E-state index contributed by atoms with van der Waals surface area (Å²) in [5.41, 5.74) is 4.63. The Balaban J connectivity index is 1.46. The summed E-state index contributed by atoms with van der Waals surface area (Å²) < 4.78 is 18.3. The summed E-state index contributed by atoms with van der Waals surface area (Å²) in [5.74, 6) is -0.611. The number of hydrogen-bond acceptors (Lipinski definition) is 6. The lowest BCUT2D eigenvalue weighted by molar-refractivity contribution is 0.578. The molecule has 35 heavy (non-hydrogen) atoms. The maximum atomic E-state index is 13.5. The molecule has 0 unspecified atom stereocenters. The molecule has 0 saturated heterocycles. The van der Waals surface area contributed by atoms with E-state index in [1.165, 1.54) is 16.8 Å². The van der Waals surface area contributed by atoms with Gasteiger partial charge < -0.3 is 0 Å². The minimum Gasteiger partial charge on any atom is -0.275 e. The van der Waals surface area contributed by atoms with E-state index in [-0.39, 0.29) is 11.3 Å². The van der Waals surface area contributed by atoms with E-state index < -0.39 is 5.95 Å². The second-order valence-corrected chi connectivity index (χ2v) is 8.28. The van der Waals surface area contributed by atoms with Crippen LogP contribution in [-0.2, 0) is 13.6 Å². The summed E-state index contributed by atoms with van der Waals surface area (Å²) >= 11 is 0. The number of pyridine rings is 2. The number of hydrogen-bond donors (Lipinski definition) is 0. The highest BCUT2D eigenvalue weighted by atomic mass is 19.1. The minimum atomic E-state index is -0.611. The van der Waals surface area contributed by atoms with Gasteiger partial charge >= 0.3 is 5.56 Å². The molecule has 2 aliphatic rings. The van der Waals surface area contributed by atoms with Crippen molar-refractivity contribution in [3.05, 3.63) is 94.7 Å². The third kappa shape index (κ3) is 3.55. The fourth-order valence-electron chi connectivity index (χ4n) is 4.19. The third-order valence-corrected chi connectivity index (χ3v) is 5.89. The number of fused-ring (bicyclic) bond motifs is 3. The van der Waals surface area contributed by atoms with Crippen molar-refractivity contribution in [2.75, 3.05) is 0 Å². The van der Waals surface area contributed by atoms with Gasteiger partial charge in [-0.1, -0.05) is 24.3 Å². The first-order valence-electron chi connectivity index (χ1n) is 10.9. The molecule has 10 heteroatoms. The molecule has 0 atom stereocenters. The summed E-state index contributed by atoms with van der Waals surface area (Å²) in [7, 11) is 1.86. The zero-order valence-electron chi connectivity index (χ0n) is 18.9. The Labute approximate surface area is 198 Å². The maximum Gasteiger partial charge on any atom is 0.301 e. The van der Waals surface area contributed by atoms with E-state index in [9.17, 15) is 9.18 Å². The van der Waals surface area contributed by atoms with Crippen LogP contribution in [0.2, 0.25) is 0 Å². The third-order valence-electron chi connectivity index (χ3n) is 5.89. The Morgan fingerprint density at radius 1 is 0.971 bits per heavy atom. The van der Waals surface area contributed by atoms with E-state index in [0.29, 0.717) is 23.6 Å². The van der Waals surface area contributed by atoms with Crippen molar-refractivity contribution in [3.8, 4) is 28.3 Å². The minimum absolute atomic E-state index is 0.229. The van der Waals surface area contributed by atoms with Gasteiger partial charge in [-0.15, -0.1) is 0 Å². The predicted octanol–water partition coefficient (Wildman–Crippen LogP) is 3.37. The smallest absolute Gasteiger partial charge is 0.275 e. The van der Waals surface area contributed by atoms with Crippen molar-refractivity contribution >= 4 is 10.9 Å². The Bertz CT molecular complexity index is 1730. The van der Waals surface area contributed by atoms with Crippen LogP contribution in [0.4, 0.5) is 4.39 Å². The maximum absolute atomic E-state index is 13.5. The van der Waals surface area contributed by atoms with Crippen LogP contribution in [0, 0.1) is 12.9 Å². The molecular weight excluding hydrogens is 447 g/mol. The van der Waals surface area contributed by atoms with Gasteiger partial charge in [-0.05, 0) is 36.8 Å². The van der Waals surface area contributed by atoms with Crippen LogP contribution < -0.4 is 5.56 Å². The van der Waals surface area contributed by atoms with Gasteiger partial charge in [0.2, 0.25) is 5.95 Å². The predicted molar refractivity (Wildman–Crippen MR) is 128 cm³/mol. The SMILES string of the molecule is Cc1nc(F)ccc1-n1nc2c3ccccc3n(Cc3ccc(-c4cnn(C)c4)nc3)nc-2c1=O. The topological polar surface area (TPSA) is 96.3 Å². The zero-order chi connectivity index (χ0) is 24.1. The Kier molecular flexibility index (Phi) is 4.73. The Hall–Kier alpha value is -4.73. The van der Waals surface area contributed by atoms with Crippen molar-refractivity contribution in [1.29, 1.82) is 0 Å². The van der Waals surface area contributed by atoms with Crippen molar-refractivity contribution in [2.45, 2.75) is 13.5 Å². The fourth-order valence-corrected chi connectivity index (χ4v) is 4.19. The van der Waals surface area contributed by atoms with Gasteiger partial charge in [0.05, 0.1) is 35.3 Å². The van der Waals surface area contributed by atoms with Crippen LogP contribution in [0.15, 0.2) is 71.9 Å². The number of para-hydroxylation sites is 1. The molecule has 2 aliphatic heterocycles. The molecule has 0 N–H and O–H groups in total. The number of aromatic nitrogens is 8. The highest BCUT2D eigenvalue weighted by molar-refractivity contribution is 5.92. The summed E-state index contributed by atoms with van der Waals surface area (Å²) in [4.78, 5) is 21.7. The standard InChI is InChI=1S/C25H19FN8O/c1-15-20(9-10-22(26)29-15)34-25(35)24-23(31-34)18-5-3-4-6-21(18)33(30-24)13-16-7-8-19(27-11-16)17-12-28-32(2)14-17/h3-12,14H,13H2,1-2H3. The number of benzene rings is 1. The molecule has 4 aromatic rings. The lowest BCUT2D eigenvalue weighted by Gasteiger charge is -2.12. The monoisotopic (exact) mass is 466 g/mol. The van der Waals surface area contributed by atoms with E-state index >= 15 is 0 Å². The molecule has 0 amide bonds. The van der Waals surface area contributed by atoms with E-state index in [4.69, 9.17) is 0 Å². The molecule has 1 aromatic carbocycles. The van der Waals surface area contributed by atoms with E-state index in [2.05, 4.69) is 25.3 Å². The van der Waals surface area contributed by atoms with Gasteiger partial charge in [0, 0.05) is 30.4 Å². The van der Waals surface area contributed by atoms with Gasteiger partial charge in [0.25, 0.3) is 0 Å². The van der Waals surface area contributed by atoms with Crippen LogP contribution in [0.5, 0.6) is 0 Å². The molecule has 0 spiro atoms. The second kappa shape index (κ2) is 7.94. The highest BCUT2D eigenvalue weighted by Gasteiger charge is 2.23. The summed E-state index contributed by atoms with van der Waals surface area (Å²) in [5, 5.41) is 14.2. The van der Waals surface area contributed by atoms with Crippen molar-refractivity contribution in [1.82, 2.24) is 39.3 Å².